The number of aliphatic hydroxyl groups is 1. The number of hydrogen-bond acceptors (Lipinski definition) is 4. The minimum Gasteiger partial charge on any atom is -0.392 e. The molecule has 1 heterocycles. The van der Waals surface area contributed by atoms with Gasteiger partial charge in [0, 0.05) is 17.5 Å². The summed E-state index contributed by atoms with van der Waals surface area (Å²) in [6.07, 6.45) is 1.46. The Morgan fingerprint density at radius 1 is 1.33 bits per heavy atom. The number of pyridine rings is 1. The van der Waals surface area contributed by atoms with Gasteiger partial charge in [-0.1, -0.05) is 13.0 Å². The largest absolute Gasteiger partial charge is 0.392 e. The molecule has 4 heteroatoms. The Kier molecular flexibility index (Phi) is 4.57. The molecule has 0 saturated carbocycles. The Bertz CT molecular complexity index is 298. The first-order valence-corrected chi connectivity index (χ1v) is 5.95. The van der Waals surface area contributed by atoms with Gasteiger partial charge < -0.3 is 10.8 Å². The van der Waals surface area contributed by atoms with Gasteiger partial charge in [0.1, 0.15) is 0 Å². The highest BCUT2D eigenvalue weighted by molar-refractivity contribution is 7.99. The molecule has 0 amide bonds. The molecule has 0 bridgehead atoms. The van der Waals surface area contributed by atoms with Crippen molar-refractivity contribution in [2.75, 3.05) is 0 Å². The van der Waals surface area contributed by atoms with Crippen LogP contribution in [-0.2, 0) is 0 Å². The molecule has 3 N–H and O–H groups in total. The monoisotopic (exact) mass is 226 g/mol. The van der Waals surface area contributed by atoms with E-state index in [1.807, 2.05) is 26.0 Å². The van der Waals surface area contributed by atoms with Crippen LogP contribution in [0.5, 0.6) is 0 Å². The van der Waals surface area contributed by atoms with Crippen LogP contribution in [0.4, 0.5) is 0 Å². The standard InChI is InChI=1S/C11H18N2OS/c1-7(12)10-4-5-11(13-6-10)15-9(3)8(2)14/h4-9,14H,12H2,1-3H3. The summed E-state index contributed by atoms with van der Waals surface area (Å²) in [7, 11) is 0. The zero-order valence-electron chi connectivity index (χ0n) is 9.34. The van der Waals surface area contributed by atoms with Crippen LogP contribution >= 0.6 is 11.8 Å². The van der Waals surface area contributed by atoms with E-state index in [9.17, 15) is 5.11 Å². The highest BCUT2D eigenvalue weighted by atomic mass is 32.2. The van der Waals surface area contributed by atoms with Crippen molar-refractivity contribution >= 4 is 11.8 Å². The van der Waals surface area contributed by atoms with E-state index in [2.05, 4.69) is 4.98 Å². The molecule has 1 rings (SSSR count). The molecule has 0 spiro atoms. The van der Waals surface area contributed by atoms with Crippen molar-refractivity contribution in [3.8, 4) is 0 Å². The Labute approximate surface area is 95.1 Å². The number of aliphatic hydroxyl groups excluding tert-OH is 1. The molecule has 0 aliphatic carbocycles. The topological polar surface area (TPSA) is 59.1 Å². The maximum Gasteiger partial charge on any atom is 0.0963 e. The minimum absolute atomic E-state index is 0.0192. The lowest BCUT2D eigenvalue weighted by molar-refractivity contribution is 0.196. The maximum atomic E-state index is 9.36. The second-order valence-electron chi connectivity index (χ2n) is 3.78. The van der Waals surface area contributed by atoms with Crippen molar-refractivity contribution in [2.24, 2.45) is 5.73 Å². The van der Waals surface area contributed by atoms with Crippen LogP contribution in [0.3, 0.4) is 0 Å². The van der Waals surface area contributed by atoms with Crippen LogP contribution < -0.4 is 5.73 Å². The van der Waals surface area contributed by atoms with Gasteiger partial charge in [0.2, 0.25) is 0 Å². The van der Waals surface area contributed by atoms with Crippen molar-refractivity contribution in [3.63, 3.8) is 0 Å². The Morgan fingerprint density at radius 3 is 2.40 bits per heavy atom. The second kappa shape index (κ2) is 5.49. The van der Waals surface area contributed by atoms with Crippen LogP contribution in [-0.4, -0.2) is 21.4 Å². The summed E-state index contributed by atoms with van der Waals surface area (Å²) in [4.78, 5) is 4.29. The van der Waals surface area contributed by atoms with E-state index in [4.69, 9.17) is 5.73 Å². The SMILES string of the molecule is CC(N)c1ccc(SC(C)C(C)O)nc1. The summed E-state index contributed by atoms with van der Waals surface area (Å²) >= 11 is 1.57. The quantitative estimate of drug-likeness (QED) is 0.771. The van der Waals surface area contributed by atoms with E-state index in [-0.39, 0.29) is 17.4 Å². The summed E-state index contributed by atoms with van der Waals surface area (Å²) in [5.41, 5.74) is 6.76. The minimum atomic E-state index is -0.329. The summed E-state index contributed by atoms with van der Waals surface area (Å²) in [6, 6.07) is 3.95. The maximum absolute atomic E-state index is 9.36. The van der Waals surface area contributed by atoms with Crippen LogP contribution in [0.2, 0.25) is 0 Å². The van der Waals surface area contributed by atoms with Crippen molar-refractivity contribution in [2.45, 2.75) is 43.2 Å². The first-order valence-electron chi connectivity index (χ1n) is 5.07. The molecule has 0 aromatic carbocycles. The van der Waals surface area contributed by atoms with Gasteiger partial charge >= 0.3 is 0 Å². The van der Waals surface area contributed by atoms with Gasteiger partial charge in [-0.25, -0.2) is 4.98 Å². The van der Waals surface area contributed by atoms with Crippen molar-refractivity contribution in [1.29, 1.82) is 0 Å². The zero-order valence-corrected chi connectivity index (χ0v) is 10.2. The number of rotatable bonds is 4. The molecule has 3 atom stereocenters. The van der Waals surface area contributed by atoms with Gasteiger partial charge in [0.25, 0.3) is 0 Å². The van der Waals surface area contributed by atoms with Gasteiger partial charge in [-0.05, 0) is 25.5 Å². The summed E-state index contributed by atoms with van der Waals surface area (Å²) in [5.74, 6) is 0. The van der Waals surface area contributed by atoms with Gasteiger partial charge in [-0.3, -0.25) is 0 Å². The third-order valence-corrected chi connectivity index (χ3v) is 3.52. The average molecular weight is 226 g/mol. The Hall–Kier alpha value is -0.580. The molecule has 0 radical (unpaired) electrons. The summed E-state index contributed by atoms with van der Waals surface area (Å²) in [5, 5.41) is 10.4. The Morgan fingerprint density at radius 2 is 2.00 bits per heavy atom. The molecule has 1 aromatic heterocycles. The fourth-order valence-electron chi connectivity index (χ4n) is 1.02. The van der Waals surface area contributed by atoms with E-state index >= 15 is 0 Å². The smallest absolute Gasteiger partial charge is 0.0963 e. The highest BCUT2D eigenvalue weighted by Crippen LogP contribution is 2.23. The predicted octanol–water partition coefficient (Wildman–Crippen LogP) is 1.96. The van der Waals surface area contributed by atoms with Gasteiger partial charge in [0.05, 0.1) is 11.1 Å². The fraction of sp³-hybridized carbons (Fsp3) is 0.545. The number of nitrogens with zero attached hydrogens (tertiary/aromatic N) is 1. The molecule has 3 nitrogen and oxygen atoms in total. The van der Waals surface area contributed by atoms with Crippen molar-refractivity contribution < 1.29 is 5.11 Å². The lowest BCUT2D eigenvalue weighted by Gasteiger charge is -2.13. The number of aromatic nitrogens is 1. The lowest BCUT2D eigenvalue weighted by Crippen LogP contribution is -2.15. The van der Waals surface area contributed by atoms with Crippen LogP contribution in [0, 0.1) is 0 Å². The molecule has 3 unspecified atom stereocenters. The van der Waals surface area contributed by atoms with Crippen LogP contribution in [0.25, 0.3) is 0 Å². The van der Waals surface area contributed by atoms with Crippen LogP contribution in [0.15, 0.2) is 23.4 Å². The summed E-state index contributed by atoms with van der Waals surface area (Å²) < 4.78 is 0. The number of nitrogens with two attached hydrogens (primary N) is 1. The van der Waals surface area contributed by atoms with Gasteiger partial charge in [-0.2, -0.15) is 0 Å². The van der Waals surface area contributed by atoms with Gasteiger partial charge in [-0.15, -0.1) is 11.8 Å². The zero-order chi connectivity index (χ0) is 11.4. The lowest BCUT2D eigenvalue weighted by atomic mass is 10.2. The number of thioether (sulfide) groups is 1. The van der Waals surface area contributed by atoms with E-state index in [0.717, 1.165) is 10.6 Å². The highest BCUT2D eigenvalue weighted by Gasteiger charge is 2.11. The van der Waals surface area contributed by atoms with E-state index in [1.54, 1.807) is 24.9 Å². The summed E-state index contributed by atoms with van der Waals surface area (Å²) in [6.45, 7) is 5.70. The second-order valence-corrected chi connectivity index (χ2v) is 5.18. The molecule has 15 heavy (non-hydrogen) atoms. The molecular weight excluding hydrogens is 208 g/mol. The van der Waals surface area contributed by atoms with Crippen molar-refractivity contribution in [3.05, 3.63) is 23.9 Å². The van der Waals surface area contributed by atoms with E-state index in [1.165, 1.54) is 0 Å². The third kappa shape index (κ3) is 3.81. The van der Waals surface area contributed by atoms with E-state index in [0.29, 0.717) is 0 Å². The predicted molar refractivity (Wildman–Crippen MR) is 63.8 cm³/mol. The Balaban J connectivity index is 2.64. The molecule has 0 aliphatic heterocycles. The molecular formula is C11H18N2OS. The van der Waals surface area contributed by atoms with Gasteiger partial charge in [0.15, 0.2) is 0 Å². The van der Waals surface area contributed by atoms with E-state index < -0.39 is 0 Å². The van der Waals surface area contributed by atoms with Crippen LogP contribution in [0.1, 0.15) is 32.4 Å². The van der Waals surface area contributed by atoms with Crippen molar-refractivity contribution in [1.82, 2.24) is 4.98 Å². The first-order chi connectivity index (χ1) is 7.00. The molecule has 0 aliphatic rings. The first kappa shape index (κ1) is 12.5. The number of hydrogen-bond donors (Lipinski definition) is 2. The average Bonchev–Trinajstić information content (AvgIpc) is 2.18. The third-order valence-electron chi connectivity index (χ3n) is 2.27. The molecule has 0 saturated heterocycles. The molecule has 0 fully saturated rings. The molecule has 1 aromatic rings. The fourth-order valence-corrected chi connectivity index (χ4v) is 1.86. The normalized spacial score (nSPS) is 17.1. The molecule has 84 valence electrons.